The second-order valence-electron chi connectivity index (χ2n) is 26.7. The van der Waals surface area contributed by atoms with Crippen LogP contribution in [-0.2, 0) is 21.7 Å². The summed E-state index contributed by atoms with van der Waals surface area (Å²) in [7, 11) is 0. The Morgan fingerprint density at radius 1 is 0.308 bits per heavy atom. The fourth-order valence-electron chi connectivity index (χ4n) is 12.8. The minimum atomic E-state index is -0.0957. The molecule has 14 rings (SSSR count). The van der Waals surface area contributed by atoms with Crippen molar-refractivity contribution in [2.45, 2.75) is 105 Å². The fraction of sp³-hybridized carbons (Fsp3) is 0.216. The van der Waals surface area contributed by atoms with Crippen molar-refractivity contribution in [3.63, 3.8) is 0 Å². The first kappa shape index (κ1) is 48.7. The van der Waals surface area contributed by atoms with Crippen LogP contribution >= 0.6 is 11.3 Å². The molecule has 0 saturated carbocycles. The molecule has 3 heterocycles. The lowest BCUT2D eigenvalue weighted by atomic mass is 9.33. The van der Waals surface area contributed by atoms with E-state index in [4.69, 9.17) is 0 Å². The van der Waals surface area contributed by atoms with Gasteiger partial charge in [0, 0.05) is 54.3 Å². The summed E-state index contributed by atoms with van der Waals surface area (Å²) in [5.41, 5.74) is 18.6. The standard InChI is InChI=1S/C74H67BN2S/c1-71(2,3)50-36-51(72(4,5)6)39-54(38-50)76-64-42-60-47(27-25-44-19-13-15-21-56(44)60)31-62(64)75-63-32-48-28-26-45-20-14-16-22-57(45)61(48)43-65(63)77(55-40-52(73(7,8)9)37-53(41-55)74(10,11)12)67-34-49(33-66(76)70(67)75)46-29-30-59-58-23-17-18-24-68(58)78-69(59)35-46/h13-43H,1-12H3. The van der Waals surface area contributed by atoms with E-state index >= 15 is 0 Å². The maximum absolute atomic E-state index is 2.68. The molecule has 12 aromatic rings. The number of rotatable bonds is 3. The third kappa shape index (κ3) is 7.72. The quantitative estimate of drug-likeness (QED) is 0.129. The molecule has 2 nitrogen and oxygen atoms in total. The molecule has 4 heteroatoms. The number of thiophene rings is 1. The van der Waals surface area contributed by atoms with Gasteiger partial charge in [0.1, 0.15) is 0 Å². The number of benzene rings is 11. The SMILES string of the molecule is CC(C)(C)c1cc(N2c3cc4c(ccc5ccccc54)cc3B3c4cc5ccc6ccccc6c5cc4N(c4cc(C(C)(C)C)cc(C(C)(C)C)c4)c4cc(-c5ccc6c(c5)sc5ccccc56)cc2c43)cc(C(C)(C)C)c1. The Kier molecular flexibility index (Phi) is 10.6. The van der Waals surface area contributed by atoms with E-state index in [0.29, 0.717) is 0 Å². The highest BCUT2D eigenvalue weighted by Crippen LogP contribution is 2.51. The Hall–Kier alpha value is -7.66. The van der Waals surface area contributed by atoms with E-state index in [1.807, 2.05) is 11.3 Å². The van der Waals surface area contributed by atoms with Crippen LogP contribution in [0, 0.1) is 0 Å². The highest BCUT2D eigenvalue weighted by molar-refractivity contribution is 7.25. The molecule has 0 amide bonds. The monoisotopic (exact) mass is 1030 g/mol. The maximum atomic E-state index is 2.68. The predicted octanol–water partition coefficient (Wildman–Crippen LogP) is 19.6. The van der Waals surface area contributed by atoms with Crippen LogP contribution < -0.4 is 26.2 Å². The zero-order valence-corrected chi connectivity index (χ0v) is 48.1. The van der Waals surface area contributed by atoms with E-state index in [-0.39, 0.29) is 28.4 Å². The van der Waals surface area contributed by atoms with Crippen LogP contribution in [0.1, 0.15) is 105 Å². The van der Waals surface area contributed by atoms with Gasteiger partial charge in [-0.25, -0.2) is 0 Å². The molecule has 2 aliphatic rings. The van der Waals surface area contributed by atoms with Crippen molar-refractivity contribution in [2.75, 3.05) is 9.80 Å². The lowest BCUT2D eigenvalue weighted by Gasteiger charge is -2.45. The Morgan fingerprint density at radius 2 is 0.718 bits per heavy atom. The molecule has 0 saturated heterocycles. The highest BCUT2D eigenvalue weighted by atomic mass is 32.1. The molecule has 382 valence electrons. The topological polar surface area (TPSA) is 6.48 Å². The van der Waals surface area contributed by atoms with Crippen molar-refractivity contribution in [3.05, 3.63) is 210 Å². The number of anilines is 6. The van der Waals surface area contributed by atoms with Gasteiger partial charge >= 0.3 is 0 Å². The van der Waals surface area contributed by atoms with E-state index in [1.54, 1.807) is 0 Å². The molecular formula is C74H67BN2S. The van der Waals surface area contributed by atoms with Crippen LogP contribution in [0.15, 0.2) is 188 Å². The average molecular weight is 1030 g/mol. The number of nitrogens with zero attached hydrogens (tertiary/aromatic N) is 2. The summed E-state index contributed by atoms with van der Waals surface area (Å²) < 4.78 is 2.62. The molecule has 0 atom stereocenters. The van der Waals surface area contributed by atoms with Crippen LogP contribution in [0.5, 0.6) is 0 Å². The van der Waals surface area contributed by atoms with Gasteiger partial charge in [-0.1, -0.05) is 210 Å². The van der Waals surface area contributed by atoms with Gasteiger partial charge < -0.3 is 9.80 Å². The first-order valence-corrected chi connectivity index (χ1v) is 28.9. The zero-order valence-electron chi connectivity index (χ0n) is 47.3. The molecule has 0 N–H and O–H groups in total. The van der Waals surface area contributed by atoms with Crippen LogP contribution in [0.25, 0.3) is 74.4 Å². The molecule has 0 radical (unpaired) electrons. The highest BCUT2D eigenvalue weighted by Gasteiger charge is 2.45. The molecule has 0 bridgehead atoms. The van der Waals surface area contributed by atoms with Crippen molar-refractivity contribution in [1.82, 2.24) is 0 Å². The van der Waals surface area contributed by atoms with Crippen molar-refractivity contribution in [1.29, 1.82) is 0 Å². The Labute approximate surface area is 465 Å². The smallest absolute Gasteiger partial charge is 0.252 e. The van der Waals surface area contributed by atoms with E-state index in [0.717, 1.165) is 0 Å². The molecule has 0 aliphatic carbocycles. The van der Waals surface area contributed by atoms with Gasteiger partial charge in [-0.15, -0.1) is 11.3 Å². The van der Waals surface area contributed by atoms with Gasteiger partial charge in [-0.2, -0.15) is 0 Å². The Balaban J connectivity index is 1.18. The summed E-state index contributed by atoms with van der Waals surface area (Å²) in [6.07, 6.45) is 0. The van der Waals surface area contributed by atoms with Crippen LogP contribution in [0.2, 0.25) is 0 Å². The lowest BCUT2D eigenvalue weighted by Crippen LogP contribution is -2.61. The summed E-state index contributed by atoms with van der Waals surface area (Å²) in [4.78, 5) is 5.36. The summed E-state index contributed by atoms with van der Waals surface area (Å²) >= 11 is 1.90. The number of hydrogen-bond donors (Lipinski definition) is 0. The van der Waals surface area contributed by atoms with Crippen LogP contribution in [0.4, 0.5) is 34.1 Å². The molecule has 1 aromatic heterocycles. The van der Waals surface area contributed by atoms with Gasteiger partial charge in [0.2, 0.25) is 0 Å². The van der Waals surface area contributed by atoms with E-state index < -0.39 is 0 Å². The minimum absolute atomic E-state index is 0.0841. The summed E-state index contributed by atoms with van der Waals surface area (Å²) in [5.74, 6) is 0. The normalized spacial score (nSPS) is 13.8. The second kappa shape index (κ2) is 16.9. The summed E-state index contributed by atoms with van der Waals surface area (Å²) in [6.45, 7) is 28.3. The molecule has 78 heavy (non-hydrogen) atoms. The van der Waals surface area contributed by atoms with E-state index in [2.05, 4.69) is 281 Å². The largest absolute Gasteiger partial charge is 0.311 e. The van der Waals surface area contributed by atoms with Crippen LogP contribution in [-0.4, -0.2) is 6.71 Å². The Bertz CT molecular complexity index is 4220. The summed E-state index contributed by atoms with van der Waals surface area (Å²) in [6, 6.07) is 73.6. The Morgan fingerprint density at radius 3 is 1.18 bits per heavy atom. The molecule has 0 fully saturated rings. The van der Waals surface area contributed by atoms with Gasteiger partial charge in [0.15, 0.2) is 0 Å². The van der Waals surface area contributed by atoms with Gasteiger partial charge in [0.25, 0.3) is 6.71 Å². The first-order valence-electron chi connectivity index (χ1n) is 28.1. The second-order valence-corrected chi connectivity index (χ2v) is 27.8. The molecule has 2 aliphatic heterocycles. The minimum Gasteiger partial charge on any atom is -0.311 e. The van der Waals surface area contributed by atoms with Crippen molar-refractivity contribution >= 4 is 132 Å². The van der Waals surface area contributed by atoms with Crippen molar-refractivity contribution in [2.24, 2.45) is 0 Å². The molecule has 0 spiro atoms. The van der Waals surface area contributed by atoms with Crippen molar-refractivity contribution < 1.29 is 0 Å². The van der Waals surface area contributed by atoms with Gasteiger partial charge in [0.05, 0.1) is 0 Å². The van der Waals surface area contributed by atoms with Crippen molar-refractivity contribution in [3.8, 4) is 11.1 Å². The fourth-order valence-corrected chi connectivity index (χ4v) is 14.0. The third-order valence-corrected chi connectivity index (χ3v) is 18.5. The average Bonchev–Trinajstić information content (AvgIpc) is 2.96. The number of hydrogen-bond acceptors (Lipinski definition) is 3. The van der Waals surface area contributed by atoms with Gasteiger partial charge in [-0.05, 0) is 175 Å². The first-order chi connectivity index (χ1) is 37.2. The lowest BCUT2D eigenvalue weighted by molar-refractivity contribution is 0.568. The number of fused-ring (bicyclic) bond motifs is 13. The molecule has 11 aromatic carbocycles. The maximum Gasteiger partial charge on any atom is 0.252 e. The predicted molar refractivity (Wildman–Crippen MR) is 344 cm³/mol. The van der Waals surface area contributed by atoms with Crippen LogP contribution in [0.3, 0.4) is 0 Å². The molecule has 0 unspecified atom stereocenters. The zero-order chi connectivity index (χ0) is 53.9. The van der Waals surface area contributed by atoms with E-state index in [9.17, 15) is 0 Å². The summed E-state index contributed by atoms with van der Waals surface area (Å²) in [5, 5.41) is 12.7. The third-order valence-electron chi connectivity index (χ3n) is 17.3. The van der Waals surface area contributed by atoms with Gasteiger partial charge in [-0.3, -0.25) is 0 Å². The van der Waals surface area contributed by atoms with E-state index in [1.165, 1.54) is 147 Å². The molecular weight excluding hydrogens is 960 g/mol.